The lowest BCUT2D eigenvalue weighted by molar-refractivity contribution is -0.122. The molecule has 0 aliphatic heterocycles. The molecule has 0 bridgehead atoms. The highest BCUT2D eigenvalue weighted by Crippen LogP contribution is 2.37. The standard InChI is InChI=1S/C12H14ClNO/c1-8-5-11(8)12(15)14-7-9-3-2-4-10(13)6-9/h2-4,6,8,11H,5,7H2,1H3,(H,14,15). The zero-order valence-electron chi connectivity index (χ0n) is 8.66. The SMILES string of the molecule is CC1CC1C(=O)NCc1cccc(Cl)c1. The lowest BCUT2D eigenvalue weighted by Crippen LogP contribution is -2.24. The molecule has 2 rings (SSSR count). The van der Waals surface area contributed by atoms with Gasteiger partial charge in [-0.25, -0.2) is 0 Å². The van der Waals surface area contributed by atoms with Crippen molar-refractivity contribution in [3.05, 3.63) is 34.9 Å². The highest BCUT2D eigenvalue weighted by Gasteiger charge is 2.38. The van der Waals surface area contributed by atoms with E-state index in [1.165, 1.54) is 0 Å². The number of hydrogen-bond acceptors (Lipinski definition) is 1. The Morgan fingerprint density at radius 3 is 2.93 bits per heavy atom. The van der Waals surface area contributed by atoms with Crippen LogP contribution in [-0.2, 0) is 11.3 Å². The van der Waals surface area contributed by atoms with Gasteiger partial charge in [-0.05, 0) is 30.0 Å². The summed E-state index contributed by atoms with van der Waals surface area (Å²) in [5, 5.41) is 3.63. The zero-order chi connectivity index (χ0) is 10.8. The van der Waals surface area contributed by atoms with Gasteiger partial charge in [0.25, 0.3) is 0 Å². The highest BCUT2D eigenvalue weighted by atomic mass is 35.5. The molecule has 0 heterocycles. The minimum absolute atomic E-state index is 0.169. The van der Waals surface area contributed by atoms with Crippen LogP contribution in [0, 0.1) is 11.8 Å². The molecule has 2 unspecified atom stereocenters. The van der Waals surface area contributed by atoms with Crippen molar-refractivity contribution in [2.24, 2.45) is 11.8 Å². The van der Waals surface area contributed by atoms with E-state index in [4.69, 9.17) is 11.6 Å². The summed E-state index contributed by atoms with van der Waals surface area (Å²) in [4.78, 5) is 11.5. The molecular formula is C12H14ClNO. The predicted molar refractivity (Wildman–Crippen MR) is 60.6 cm³/mol. The van der Waals surface area contributed by atoms with Gasteiger partial charge >= 0.3 is 0 Å². The Morgan fingerprint density at radius 1 is 1.60 bits per heavy atom. The summed E-state index contributed by atoms with van der Waals surface area (Å²) in [5.74, 6) is 0.969. The monoisotopic (exact) mass is 223 g/mol. The van der Waals surface area contributed by atoms with Crippen LogP contribution < -0.4 is 5.32 Å². The van der Waals surface area contributed by atoms with Gasteiger partial charge in [0.05, 0.1) is 0 Å². The molecule has 0 radical (unpaired) electrons. The van der Waals surface area contributed by atoms with Crippen LogP contribution in [0.15, 0.2) is 24.3 Å². The minimum Gasteiger partial charge on any atom is -0.352 e. The van der Waals surface area contributed by atoms with Gasteiger partial charge in [-0.3, -0.25) is 4.79 Å². The fourth-order valence-corrected chi connectivity index (χ4v) is 1.87. The second-order valence-corrected chi connectivity index (χ2v) is 4.60. The van der Waals surface area contributed by atoms with E-state index < -0.39 is 0 Å². The van der Waals surface area contributed by atoms with Crippen LogP contribution in [0.25, 0.3) is 0 Å². The molecule has 15 heavy (non-hydrogen) atoms. The van der Waals surface area contributed by atoms with Gasteiger partial charge in [-0.15, -0.1) is 0 Å². The molecule has 1 fully saturated rings. The summed E-state index contributed by atoms with van der Waals surface area (Å²) in [6.45, 7) is 2.67. The van der Waals surface area contributed by atoms with Gasteiger partial charge in [-0.1, -0.05) is 30.7 Å². The van der Waals surface area contributed by atoms with E-state index in [1.54, 1.807) is 0 Å². The van der Waals surface area contributed by atoms with Crippen LogP contribution in [0.5, 0.6) is 0 Å². The Balaban J connectivity index is 1.85. The lowest BCUT2D eigenvalue weighted by Gasteiger charge is -2.04. The molecule has 80 valence electrons. The average molecular weight is 224 g/mol. The highest BCUT2D eigenvalue weighted by molar-refractivity contribution is 6.30. The van der Waals surface area contributed by atoms with E-state index in [1.807, 2.05) is 24.3 Å². The molecule has 0 saturated heterocycles. The Bertz CT molecular complexity index is 378. The number of hydrogen-bond donors (Lipinski definition) is 1. The Labute approximate surface area is 94.6 Å². The quantitative estimate of drug-likeness (QED) is 0.839. The summed E-state index contributed by atoms with van der Waals surface area (Å²) in [6, 6.07) is 7.56. The molecule has 1 aromatic rings. The number of carbonyl (C=O) groups excluding carboxylic acids is 1. The van der Waals surface area contributed by atoms with E-state index in [9.17, 15) is 4.79 Å². The first-order chi connectivity index (χ1) is 7.16. The molecule has 1 N–H and O–H groups in total. The van der Waals surface area contributed by atoms with Gasteiger partial charge in [0.2, 0.25) is 5.91 Å². The van der Waals surface area contributed by atoms with Gasteiger partial charge in [-0.2, -0.15) is 0 Å². The molecule has 1 aliphatic carbocycles. The summed E-state index contributed by atoms with van der Waals surface area (Å²) in [7, 11) is 0. The van der Waals surface area contributed by atoms with Crippen LogP contribution in [0.3, 0.4) is 0 Å². The molecule has 2 nitrogen and oxygen atoms in total. The maximum Gasteiger partial charge on any atom is 0.223 e. The van der Waals surface area contributed by atoms with Crippen molar-refractivity contribution in [1.82, 2.24) is 5.32 Å². The first-order valence-corrected chi connectivity index (χ1v) is 5.57. The largest absolute Gasteiger partial charge is 0.352 e. The van der Waals surface area contributed by atoms with E-state index in [-0.39, 0.29) is 11.8 Å². The van der Waals surface area contributed by atoms with Crippen LogP contribution in [-0.4, -0.2) is 5.91 Å². The van der Waals surface area contributed by atoms with Crippen molar-refractivity contribution in [3.63, 3.8) is 0 Å². The molecule has 3 heteroatoms. The Hall–Kier alpha value is -1.02. The fraction of sp³-hybridized carbons (Fsp3) is 0.417. The third-order valence-electron chi connectivity index (χ3n) is 2.80. The van der Waals surface area contributed by atoms with Crippen LogP contribution >= 0.6 is 11.6 Å². The van der Waals surface area contributed by atoms with E-state index in [0.29, 0.717) is 17.5 Å². The molecule has 1 aliphatic rings. The molecule has 0 aromatic heterocycles. The maximum atomic E-state index is 11.5. The third kappa shape index (κ3) is 2.72. The van der Waals surface area contributed by atoms with E-state index in [2.05, 4.69) is 12.2 Å². The Morgan fingerprint density at radius 2 is 2.33 bits per heavy atom. The van der Waals surface area contributed by atoms with Gasteiger partial charge < -0.3 is 5.32 Å². The second-order valence-electron chi connectivity index (χ2n) is 4.17. The first-order valence-electron chi connectivity index (χ1n) is 5.19. The molecular weight excluding hydrogens is 210 g/mol. The minimum atomic E-state index is 0.169. The van der Waals surface area contributed by atoms with Gasteiger partial charge in [0.15, 0.2) is 0 Å². The average Bonchev–Trinajstić information content (AvgIpc) is 2.92. The lowest BCUT2D eigenvalue weighted by atomic mass is 10.2. The third-order valence-corrected chi connectivity index (χ3v) is 3.04. The van der Waals surface area contributed by atoms with Crippen molar-refractivity contribution >= 4 is 17.5 Å². The predicted octanol–water partition coefficient (Wildman–Crippen LogP) is 2.61. The summed E-state index contributed by atoms with van der Waals surface area (Å²) in [5.41, 5.74) is 1.05. The van der Waals surface area contributed by atoms with E-state index in [0.717, 1.165) is 12.0 Å². The van der Waals surface area contributed by atoms with Crippen molar-refractivity contribution < 1.29 is 4.79 Å². The normalized spacial score (nSPS) is 23.6. The zero-order valence-corrected chi connectivity index (χ0v) is 9.42. The Kier molecular flexibility index (Phi) is 2.96. The number of benzene rings is 1. The summed E-state index contributed by atoms with van der Waals surface area (Å²) in [6.07, 6.45) is 1.03. The summed E-state index contributed by atoms with van der Waals surface area (Å²) >= 11 is 5.85. The molecule has 1 amide bonds. The van der Waals surface area contributed by atoms with Crippen LogP contribution in [0.2, 0.25) is 5.02 Å². The van der Waals surface area contributed by atoms with Crippen molar-refractivity contribution in [3.8, 4) is 0 Å². The molecule has 2 atom stereocenters. The van der Waals surface area contributed by atoms with Crippen molar-refractivity contribution in [2.75, 3.05) is 0 Å². The number of amides is 1. The van der Waals surface area contributed by atoms with Crippen molar-refractivity contribution in [2.45, 2.75) is 19.9 Å². The number of rotatable bonds is 3. The molecule has 0 spiro atoms. The topological polar surface area (TPSA) is 29.1 Å². The fourth-order valence-electron chi connectivity index (χ4n) is 1.65. The first kappa shape index (κ1) is 10.5. The number of halogens is 1. The second kappa shape index (κ2) is 4.23. The van der Waals surface area contributed by atoms with Crippen LogP contribution in [0.4, 0.5) is 0 Å². The molecule has 1 aromatic carbocycles. The van der Waals surface area contributed by atoms with E-state index >= 15 is 0 Å². The summed E-state index contributed by atoms with van der Waals surface area (Å²) < 4.78 is 0. The van der Waals surface area contributed by atoms with Gasteiger partial charge in [0, 0.05) is 17.5 Å². The number of nitrogens with one attached hydrogen (secondary N) is 1. The number of carbonyl (C=O) groups is 1. The maximum absolute atomic E-state index is 11.5. The van der Waals surface area contributed by atoms with Crippen LogP contribution in [0.1, 0.15) is 18.9 Å². The smallest absolute Gasteiger partial charge is 0.223 e. The van der Waals surface area contributed by atoms with Crippen molar-refractivity contribution in [1.29, 1.82) is 0 Å². The molecule has 1 saturated carbocycles. The van der Waals surface area contributed by atoms with Gasteiger partial charge in [0.1, 0.15) is 0 Å².